The first-order chi connectivity index (χ1) is 11.1. The van der Waals surface area contributed by atoms with Crippen LogP contribution in [0.2, 0.25) is 0 Å². The Bertz CT molecular complexity index is 831. The third-order valence-corrected chi connectivity index (χ3v) is 4.08. The number of aromatic nitrogens is 1. The Kier molecular flexibility index (Phi) is 4.34. The molecule has 0 atom stereocenters. The van der Waals surface area contributed by atoms with Gasteiger partial charge in [0.1, 0.15) is 16.6 Å². The molecule has 0 saturated heterocycles. The predicted octanol–water partition coefficient (Wildman–Crippen LogP) is 3.58. The number of benzene rings is 2. The molecule has 3 rings (SSSR count). The van der Waals surface area contributed by atoms with Gasteiger partial charge in [-0.05, 0) is 36.4 Å². The Balaban J connectivity index is 1.67. The number of nitrogens with zero attached hydrogens (tertiary/aromatic N) is 1. The van der Waals surface area contributed by atoms with E-state index in [0.29, 0.717) is 0 Å². The van der Waals surface area contributed by atoms with E-state index in [1.807, 2.05) is 5.38 Å². The maximum absolute atomic E-state index is 13.5. The molecule has 4 nitrogen and oxygen atoms in total. The van der Waals surface area contributed by atoms with Crippen molar-refractivity contribution in [3.8, 4) is 17.0 Å². The van der Waals surface area contributed by atoms with Gasteiger partial charge in [0.05, 0.1) is 17.8 Å². The first-order valence-corrected chi connectivity index (χ1v) is 7.78. The summed E-state index contributed by atoms with van der Waals surface area (Å²) >= 11 is 1.41. The van der Waals surface area contributed by atoms with Gasteiger partial charge in [0, 0.05) is 10.9 Å². The van der Waals surface area contributed by atoms with Gasteiger partial charge >= 0.3 is 0 Å². The van der Waals surface area contributed by atoms with Crippen LogP contribution in [0.4, 0.5) is 4.39 Å². The zero-order valence-corrected chi connectivity index (χ0v) is 12.8. The summed E-state index contributed by atoms with van der Waals surface area (Å²) in [6, 6.07) is 12.6. The maximum atomic E-state index is 13.5. The molecular weight excluding hydrogens is 315 g/mol. The van der Waals surface area contributed by atoms with Gasteiger partial charge in [-0.3, -0.25) is 4.79 Å². The quantitative estimate of drug-likeness (QED) is 0.769. The molecule has 0 fully saturated rings. The van der Waals surface area contributed by atoms with Crippen LogP contribution >= 0.6 is 11.3 Å². The fourth-order valence-electron chi connectivity index (χ4n) is 2.05. The first kappa shape index (κ1) is 15.2. The van der Waals surface area contributed by atoms with Crippen molar-refractivity contribution in [3.63, 3.8) is 0 Å². The van der Waals surface area contributed by atoms with Crippen LogP contribution < -0.4 is 5.32 Å². The fraction of sp³-hybridized carbons (Fsp3) is 0.0588. The lowest BCUT2D eigenvalue weighted by atomic mass is 10.2. The number of phenolic OH excluding ortho intramolecular Hbond substituents is 1. The summed E-state index contributed by atoms with van der Waals surface area (Å²) in [6.45, 7) is 0.232. The SMILES string of the molecule is O=C(NCc1nc(-c2ccc(O)cc2)cs1)c1ccccc1F. The van der Waals surface area contributed by atoms with E-state index in [9.17, 15) is 14.3 Å². The number of hydrogen-bond acceptors (Lipinski definition) is 4. The third-order valence-electron chi connectivity index (χ3n) is 3.23. The molecule has 3 aromatic rings. The van der Waals surface area contributed by atoms with Gasteiger partial charge in [-0.2, -0.15) is 0 Å². The standard InChI is InChI=1S/C17H13FN2O2S/c18-14-4-2-1-3-13(14)17(22)19-9-16-20-15(10-23-16)11-5-7-12(21)8-6-11/h1-8,10,21H,9H2,(H,19,22). The lowest BCUT2D eigenvalue weighted by molar-refractivity contribution is 0.0947. The zero-order chi connectivity index (χ0) is 16.2. The molecule has 6 heteroatoms. The summed E-state index contributed by atoms with van der Waals surface area (Å²) in [5.41, 5.74) is 1.67. The van der Waals surface area contributed by atoms with Gasteiger partial charge < -0.3 is 10.4 Å². The number of thiazole rings is 1. The van der Waals surface area contributed by atoms with Crippen LogP contribution in [0, 0.1) is 5.82 Å². The third kappa shape index (κ3) is 3.54. The minimum absolute atomic E-state index is 0.0165. The molecule has 2 N–H and O–H groups in total. The Hall–Kier alpha value is -2.73. The van der Waals surface area contributed by atoms with Crippen molar-refractivity contribution in [2.75, 3.05) is 0 Å². The number of phenols is 1. The minimum atomic E-state index is -0.547. The highest BCUT2D eigenvalue weighted by molar-refractivity contribution is 7.09. The minimum Gasteiger partial charge on any atom is -0.508 e. The topological polar surface area (TPSA) is 62.2 Å². The summed E-state index contributed by atoms with van der Waals surface area (Å²) in [5.74, 6) is -0.820. The molecule has 1 amide bonds. The molecule has 0 radical (unpaired) electrons. The molecular formula is C17H13FN2O2S. The number of carbonyl (C=O) groups excluding carboxylic acids is 1. The van der Waals surface area contributed by atoms with Crippen molar-refractivity contribution in [3.05, 3.63) is 70.3 Å². The molecule has 1 aromatic heterocycles. The van der Waals surface area contributed by atoms with Gasteiger partial charge in [-0.1, -0.05) is 12.1 Å². The van der Waals surface area contributed by atoms with E-state index in [4.69, 9.17) is 0 Å². The zero-order valence-electron chi connectivity index (χ0n) is 12.0. The van der Waals surface area contributed by atoms with Crippen molar-refractivity contribution in [1.29, 1.82) is 0 Å². The molecule has 0 saturated carbocycles. The van der Waals surface area contributed by atoms with Crippen molar-refractivity contribution in [1.82, 2.24) is 10.3 Å². The van der Waals surface area contributed by atoms with Crippen LogP contribution in [-0.4, -0.2) is 16.0 Å². The number of carbonyl (C=O) groups is 1. The van der Waals surface area contributed by atoms with E-state index in [-0.39, 0.29) is 17.9 Å². The molecule has 0 bridgehead atoms. The van der Waals surface area contributed by atoms with E-state index < -0.39 is 11.7 Å². The Labute approximate surface area is 136 Å². The van der Waals surface area contributed by atoms with E-state index in [0.717, 1.165) is 16.3 Å². The van der Waals surface area contributed by atoms with E-state index in [1.165, 1.54) is 29.5 Å². The maximum Gasteiger partial charge on any atom is 0.254 e. The summed E-state index contributed by atoms with van der Waals surface area (Å²) in [6.07, 6.45) is 0. The molecule has 0 spiro atoms. The normalized spacial score (nSPS) is 10.5. The summed E-state index contributed by atoms with van der Waals surface area (Å²) < 4.78 is 13.5. The molecule has 23 heavy (non-hydrogen) atoms. The average molecular weight is 328 g/mol. The molecule has 116 valence electrons. The molecule has 0 aliphatic heterocycles. The van der Waals surface area contributed by atoms with Gasteiger partial charge in [0.25, 0.3) is 5.91 Å². The lowest BCUT2D eigenvalue weighted by Gasteiger charge is -2.04. The summed E-state index contributed by atoms with van der Waals surface area (Å²) in [4.78, 5) is 16.4. The summed E-state index contributed by atoms with van der Waals surface area (Å²) in [5, 5.41) is 14.5. The second-order valence-corrected chi connectivity index (χ2v) is 5.78. The molecule has 0 aliphatic carbocycles. The van der Waals surface area contributed by atoms with Crippen LogP contribution in [0.5, 0.6) is 5.75 Å². The van der Waals surface area contributed by atoms with Gasteiger partial charge in [-0.15, -0.1) is 11.3 Å². The van der Waals surface area contributed by atoms with Crippen LogP contribution in [0.1, 0.15) is 15.4 Å². The van der Waals surface area contributed by atoms with E-state index in [1.54, 1.807) is 30.3 Å². The molecule has 0 aliphatic rings. The van der Waals surface area contributed by atoms with Crippen molar-refractivity contribution in [2.45, 2.75) is 6.54 Å². The Morgan fingerprint density at radius 2 is 1.91 bits per heavy atom. The highest BCUT2D eigenvalue weighted by atomic mass is 32.1. The molecule has 0 unspecified atom stereocenters. The molecule has 2 aromatic carbocycles. The van der Waals surface area contributed by atoms with Crippen LogP contribution in [0.15, 0.2) is 53.9 Å². The highest BCUT2D eigenvalue weighted by Gasteiger charge is 2.11. The van der Waals surface area contributed by atoms with Crippen LogP contribution in [-0.2, 0) is 6.54 Å². The van der Waals surface area contributed by atoms with Gasteiger partial charge in [0.2, 0.25) is 0 Å². The fourth-order valence-corrected chi connectivity index (χ4v) is 2.80. The smallest absolute Gasteiger partial charge is 0.254 e. The predicted molar refractivity (Wildman–Crippen MR) is 86.8 cm³/mol. The number of amides is 1. The first-order valence-electron chi connectivity index (χ1n) is 6.90. The van der Waals surface area contributed by atoms with E-state index in [2.05, 4.69) is 10.3 Å². The number of nitrogens with one attached hydrogen (secondary N) is 1. The monoisotopic (exact) mass is 328 g/mol. The number of hydrogen-bond donors (Lipinski definition) is 2. The highest BCUT2D eigenvalue weighted by Crippen LogP contribution is 2.23. The van der Waals surface area contributed by atoms with Crippen LogP contribution in [0.3, 0.4) is 0 Å². The Morgan fingerprint density at radius 1 is 1.17 bits per heavy atom. The largest absolute Gasteiger partial charge is 0.508 e. The van der Waals surface area contributed by atoms with Crippen molar-refractivity contribution < 1.29 is 14.3 Å². The number of rotatable bonds is 4. The van der Waals surface area contributed by atoms with Gasteiger partial charge in [-0.25, -0.2) is 9.37 Å². The number of aromatic hydroxyl groups is 1. The van der Waals surface area contributed by atoms with Gasteiger partial charge in [0.15, 0.2) is 0 Å². The molecule has 1 heterocycles. The second-order valence-electron chi connectivity index (χ2n) is 4.84. The Morgan fingerprint density at radius 3 is 2.65 bits per heavy atom. The van der Waals surface area contributed by atoms with Crippen molar-refractivity contribution in [2.24, 2.45) is 0 Å². The second kappa shape index (κ2) is 6.58. The van der Waals surface area contributed by atoms with E-state index >= 15 is 0 Å². The summed E-state index contributed by atoms with van der Waals surface area (Å²) in [7, 11) is 0. The average Bonchev–Trinajstić information content (AvgIpc) is 3.03. The lowest BCUT2D eigenvalue weighted by Crippen LogP contribution is -2.23. The van der Waals surface area contributed by atoms with Crippen molar-refractivity contribution >= 4 is 17.2 Å². The number of halogens is 1. The van der Waals surface area contributed by atoms with Crippen LogP contribution in [0.25, 0.3) is 11.3 Å².